The molecule has 22 heavy (non-hydrogen) atoms. The molecule has 0 bridgehead atoms. The van der Waals surface area contributed by atoms with Gasteiger partial charge in [0, 0.05) is 43.3 Å². The molecule has 0 aromatic heterocycles. The van der Waals surface area contributed by atoms with Gasteiger partial charge >= 0.3 is 11.8 Å². The SMILES string of the molecule is Cc1ccc(NC(=O)C(=O)NCC2(O)CCOCC2)cc1Cl. The maximum absolute atomic E-state index is 11.8. The van der Waals surface area contributed by atoms with Crippen LogP contribution in [0.4, 0.5) is 5.69 Å². The van der Waals surface area contributed by atoms with E-state index in [1.807, 2.05) is 6.92 Å². The predicted molar refractivity (Wildman–Crippen MR) is 82.8 cm³/mol. The van der Waals surface area contributed by atoms with Crippen molar-refractivity contribution in [3.63, 3.8) is 0 Å². The first kappa shape index (κ1) is 16.7. The number of rotatable bonds is 3. The number of aryl methyl sites for hydroxylation is 1. The molecule has 1 saturated heterocycles. The minimum Gasteiger partial charge on any atom is -0.388 e. The fourth-order valence-electron chi connectivity index (χ4n) is 2.11. The van der Waals surface area contributed by atoms with E-state index in [9.17, 15) is 14.7 Å². The first-order valence-electron chi connectivity index (χ1n) is 7.05. The average molecular weight is 327 g/mol. The van der Waals surface area contributed by atoms with Gasteiger partial charge in [-0.3, -0.25) is 9.59 Å². The average Bonchev–Trinajstić information content (AvgIpc) is 2.49. The number of carbonyl (C=O) groups excluding carboxylic acids is 2. The van der Waals surface area contributed by atoms with Crippen molar-refractivity contribution < 1.29 is 19.4 Å². The molecular formula is C15H19ClN2O4. The van der Waals surface area contributed by atoms with Crippen LogP contribution in [0.2, 0.25) is 5.02 Å². The Morgan fingerprint density at radius 1 is 1.32 bits per heavy atom. The summed E-state index contributed by atoms with van der Waals surface area (Å²) in [6.45, 7) is 2.76. The lowest BCUT2D eigenvalue weighted by atomic mass is 9.94. The Labute approximate surface area is 133 Å². The number of benzene rings is 1. The van der Waals surface area contributed by atoms with Crippen molar-refractivity contribution in [1.29, 1.82) is 0 Å². The third-order valence-corrected chi connectivity index (χ3v) is 4.04. The van der Waals surface area contributed by atoms with Gasteiger partial charge in [-0.15, -0.1) is 0 Å². The van der Waals surface area contributed by atoms with Crippen LogP contribution >= 0.6 is 11.6 Å². The molecule has 120 valence electrons. The maximum atomic E-state index is 11.8. The Morgan fingerprint density at radius 3 is 2.64 bits per heavy atom. The van der Waals surface area contributed by atoms with E-state index in [1.54, 1.807) is 18.2 Å². The van der Waals surface area contributed by atoms with Crippen molar-refractivity contribution in [2.24, 2.45) is 0 Å². The standard InChI is InChI=1S/C15H19ClN2O4/c1-10-2-3-11(8-12(10)16)18-14(20)13(19)17-9-15(21)4-6-22-7-5-15/h2-3,8,21H,4-7,9H2,1H3,(H,17,19)(H,18,20). The molecule has 0 aliphatic carbocycles. The van der Waals surface area contributed by atoms with E-state index in [-0.39, 0.29) is 6.54 Å². The van der Waals surface area contributed by atoms with Crippen LogP contribution in [0.1, 0.15) is 18.4 Å². The van der Waals surface area contributed by atoms with E-state index in [0.29, 0.717) is 36.8 Å². The Bertz CT molecular complexity index is 571. The second kappa shape index (κ2) is 7.09. The third kappa shape index (κ3) is 4.43. The summed E-state index contributed by atoms with van der Waals surface area (Å²) in [4.78, 5) is 23.6. The summed E-state index contributed by atoms with van der Waals surface area (Å²) in [7, 11) is 0. The molecule has 0 atom stereocenters. The molecule has 1 heterocycles. The summed E-state index contributed by atoms with van der Waals surface area (Å²) in [5.74, 6) is -1.59. The largest absolute Gasteiger partial charge is 0.388 e. The highest BCUT2D eigenvalue weighted by Crippen LogP contribution is 2.20. The van der Waals surface area contributed by atoms with Gasteiger partial charge in [0.05, 0.1) is 5.60 Å². The number of hydrogen-bond acceptors (Lipinski definition) is 4. The number of hydrogen-bond donors (Lipinski definition) is 3. The van der Waals surface area contributed by atoms with Crippen LogP contribution in [0, 0.1) is 6.92 Å². The van der Waals surface area contributed by atoms with Crippen molar-refractivity contribution in [2.75, 3.05) is 25.1 Å². The minimum atomic E-state index is -1.01. The lowest BCUT2D eigenvalue weighted by molar-refractivity contribution is -0.137. The smallest absolute Gasteiger partial charge is 0.313 e. The Kier molecular flexibility index (Phi) is 5.39. The first-order valence-corrected chi connectivity index (χ1v) is 7.43. The molecule has 6 nitrogen and oxygen atoms in total. The van der Waals surface area contributed by atoms with Crippen molar-refractivity contribution in [2.45, 2.75) is 25.4 Å². The monoisotopic (exact) mass is 326 g/mol. The fourth-order valence-corrected chi connectivity index (χ4v) is 2.29. The van der Waals surface area contributed by atoms with Crippen molar-refractivity contribution in [1.82, 2.24) is 5.32 Å². The van der Waals surface area contributed by atoms with Crippen molar-refractivity contribution in [3.05, 3.63) is 28.8 Å². The highest BCUT2D eigenvalue weighted by Gasteiger charge is 2.30. The van der Waals surface area contributed by atoms with Gasteiger partial charge < -0.3 is 20.5 Å². The van der Waals surface area contributed by atoms with Gasteiger partial charge in [-0.2, -0.15) is 0 Å². The molecule has 0 saturated carbocycles. The van der Waals surface area contributed by atoms with Gasteiger partial charge in [-0.25, -0.2) is 0 Å². The molecule has 2 rings (SSSR count). The zero-order valence-electron chi connectivity index (χ0n) is 12.3. The summed E-state index contributed by atoms with van der Waals surface area (Å²) < 4.78 is 5.15. The van der Waals surface area contributed by atoms with Gasteiger partial charge in [0.1, 0.15) is 0 Å². The van der Waals surface area contributed by atoms with Crippen molar-refractivity contribution in [3.8, 4) is 0 Å². The van der Waals surface area contributed by atoms with Crippen LogP contribution < -0.4 is 10.6 Å². The number of carbonyl (C=O) groups is 2. The van der Waals surface area contributed by atoms with Gasteiger partial charge in [-0.05, 0) is 24.6 Å². The van der Waals surface area contributed by atoms with Gasteiger partial charge in [0.15, 0.2) is 0 Å². The summed E-state index contributed by atoms with van der Waals surface area (Å²) >= 11 is 5.96. The number of aliphatic hydroxyl groups is 1. The zero-order chi connectivity index (χ0) is 16.2. The molecule has 0 unspecified atom stereocenters. The second-order valence-corrected chi connectivity index (χ2v) is 5.84. The maximum Gasteiger partial charge on any atom is 0.313 e. The van der Waals surface area contributed by atoms with Crippen LogP contribution in [-0.4, -0.2) is 42.3 Å². The molecule has 1 fully saturated rings. The third-order valence-electron chi connectivity index (χ3n) is 3.64. The first-order chi connectivity index (χ1) is 10.4. The van der Waals surface area contributed by atoms with E-state index in [4.69, 9.17) is 16.3 Å². The fraction of sp³-hybridized carbons (Fsp3) is 0.467. The van der Waals surface area contributed by atoms with Gasteiger partial charge in [0.25, 0.3) is 0 Å². The number of amides is 2. The second-order valence-electron chi connectivity index (χ2n) is 5.44. The number of ether oxygens (including phenoxy) is 1. The molecule has 0 spiro atoms. The zero-order valence-corrected chi connectivity index (χ0v) is 13.1. The Morgan fingerprint density at radius 2 is 2.00 bits per heavy atom. The molecule has 1 aliphatic rings. The molecule has 7 heteroatoms. The Balaban J connectivity index is 1.86. The number of anilines is 1. The van der Waals surface area contributed by atoms with E-state index >= 15 is 0 Å². The molecule has 1 aromatic rings. The van der Waals surface area contributed by atoms with Gasteiger partial charge in [0.2, 0.25) is 0 Å². The topological polar surface area (TPSA) is 87.7 Å². The van der Waals surface area contributed by atoms with E-state index in [1.165, 1.54) is 0 Å². The normalized spacial score (nSPS) is 16.9. The van der Waals surface area contributed by atoms with Crippen LogP contribution in [0.5, 0.6) is 0 Å². The molecule has 0 radical (unpaired) electrons. The number of halogens is 1. The minimum absolute atomic E-state index is 0.0251. The number of nitrogens with one attached hydrogen (secondary N) is 2. The van der Waals surface area contributed by atoms with Crippen molar-refractivity contribution >= 4 is 29.1 Å². The summed E-state index contributed by atoms with van der Waals surface area (Å²) in [6.07, 6.45) is 0.866. The Hall–Kier alpha value is -1.63. The molecular weight excluding hydrogens is 308 g/mol. The summed E-state index contributed by atoms with van der Waals surface area (Å²) in [5.41, 5.74) is 0.313. The lowest BCUT2D eigenvalue weighted by Gasteiger charge is -2.31. The highest BCUT2D eigenvalue weighted by molar-refractivity contribution is 6.39. The van der Waals surface area contributed by atoms with E-state index < -0.39 is 17.4 Å². The van der Waals surface area contributed by atoms with E-state index in [0.717, 1.165) is 5.56 Å². The molecule has 2 amide bonds. The van der Waals surface area contributed by atoms with Crippen LogP contribution in [0.3, 0.4) is 0 Å². The van der Waals surface area contributed by atoms with E-state index in [2.05, 4.69) is 10.6 Å². The summed E-state index contributed by atoms with van der Waals surface area (Å²) in [6, 6.07) is 4.99. The predicted octanol–water partition coefficient (Wildman–Crippen LogP) is 1.24. The summed E-state index contributed by atoms with van der Waals surface area (Å²) in [5, 5.41) is 15.6. The molecule has 1 aromatic carbocycles. The lowest BCUT2D eigenvalue weighted by Crippen LogP contribution is -2.48. The highest BCUT2D eigenvalue weighted by atomic mass is 35.5. The van der Waals surface area contributed by atoms with Gasteiger partial charge in [-0.1, -0.05) is 17.7 Å². The quantitative estimate of drug-likeness (QED) is 0.729. The van der Waals surface area contributed by atoms with Crippen LogP contribution in [0.15, 0.2) is 18.2 Å². The van der Waals surface area contributed by atoms with Crippen LogP contribution in [-0.2, 0) is 14.3 Å². The molecule has 1 aliphatic heterocycles. The van der Waals surface area contributed by atoms with Crippen LogP contribution in [0.25, 0.3) is 0 Å². The molecule has 3 N–H and O–H groups in total.